The highest BCUT2D eigenvalue weighted by molar-refractivity contribution is 6.30. The van der Waals surface area contributed by atoms with E-state index in [1.54, 1.807) is 30.3 Å². The highest BCUT2D eigenvalue weighted by Gasteiger charge is 2.37. The van der Waals surface area contributed by atoms with Gasteiger partial charge in [-0.3, -0.25) is 9.59 Å². The summed E-state index contributed by atoms with van der Waals surface area (Å²) in [7, 11) is 0. The van der Waals surface area contributed by atoms with Crippen LogP contribution in [-0.4, -0.2) is 48.2 Å². The third kappa shape index (κ3) is 8.59. The van der Waals surface area contributed by atoms with E-state index in [-0.39, 0.29) is 24.3 Å². The quantitative estimate of drug-likeness (QED) is 0.272. The van der Waals surface area contributed by atoms with Crippen molar-refractivity contribution in [2.75, 3.05) is 13.2 Å². The molecule has 218 valence electrons. The molecule has 1 aliphatic heterocycles. The Morgan fingerprint density at radius 1 is 1.10 bits per heavy atom. The minimum atomic E-state index is -0.904. The maximum atomic E-state index is 13.3. The van der Waals surface area contributed by atoms with E-state index >= 15 is 0 Å². The molecule has 1 aliphatic rings. The number of carbonyl (C=O) groups is 3. The van der Waals surface area contributed by atoms with Gasteiger partial charge in [-0.25, -0.2) is 4.79 Å². The van der Waals surface area contributed by atoms with Gasteiger partial charge in [-0.05, 0) is 60.6 Å². The molecule has 4 N–H and O–H groups in total. The Morgan fingerprint density at radius 3 is 2.38 bits per heavy atom. The van der Waals surface area contributed by atoms with Crippen LogP contribution in [0.1, 0.15) is 64.2 Å². The van der Waals surface area contributed by atoms with Crippen LogP contribution in [0.4, 0.5) is 4.79 Å². The Labute approximate surface area is 246 Å². The fourth-order valence-corrected chi connectivity index (χ4v) is 5.31. The Kier molecular flexibility index (Phi) is 11.3. The third-order valence-electron chi connectivity index (χ3n) is 7.24. The molecule has 0 saturated carbocycles. The third-order valence-corrected chi connectivity index (χ3v) is 7.72. The van der Waals surface area contributed by atoms with Gasteiger partial charge >= 0.3 is 6.09 Å². The van der Waals surface area contributed by atoms with E-state index in [4.69, 9.17) is 27.9 Å². The fourth-order valence-electron chi connectivity index (χ4n) is 4.99. The molecule has 0 aliphatic carbocycles. The second-order valence-corrected chi connectivity index (χ2v) is 12.2. The summed E-state index contributed by atoms with van der Waals surface area (Å²) in [6, 6.07) is 12.9. The van der Waals surface area contributed by atoms with Crippen LogP contribution in [0.2, 0.25) is 10.0 Å². The molecule has 0 bridgehead atoms. The number of hydrogen-bond acceptors (Lipinski definition) is 5. The van der Waals surface area contributed by atoms with Crippen LogP contribution in [0.5, 0.6) is 0 Å². The second kappa shape index (κ2) is 14.2. The lowest BCUT2D eigenvalue weighted by Gasteiger charge is -2.35. The number of hydrogen-bond donors (Lipinski definition) is 4. The molecule has 1 saturated heterocycles. The highest BCUT2D eigenvalue weighted by atomic mass is 35.5. The van der Waals surface area contributed by atoms with Crippen molar-refractivity contribution >= 4 is 41.1 Å². The molecule has 10 heteroatoms. The van der Waals surface area contributed by atoms with Gasteiger partial charge in [0.1, 0.15) is 12.1 Å². The summed E-state index contributed by atoms with van der Waals surface area (Å²) in [6.07, 6.45) is -0.172. The summed E-state index contributed by atoms with van der Waals surface area (Å²) >= 11 is 12.4. The van der Waals surface area contributed by atoms with E-state index < -0.39 is 35.6 Å². The molecular weight excluding hydrogens is 553 g/mol. The zero-order valence-corrected chi connectivity index (χ0v) is 24.9. The molecule has 8 nitrogen and oxygen atoms in total. The van der Waals surface area contributed by atoms with Crippen LogP contribution in [0.25, 0.3) is 0 Å². The fraction of sp³-hybridized carbons (Fsp3) is 0.500. The number of ether oxygens (including phenoxy) is 1. The first-order chi connectivity index (χ1) is 18.9. The van der Waals surface area contributed by atoms with Gasteiger partial charge < -0.3 is 25.8 Å². The number of amides is 3. The number of halogens is 2. The van der Waals surface area contributed by atoms with Gasteiger partial charge in [0, 0.05) is 27.9 Å². The summed E-state index contributed by atoms with van der Waals surface area (Å²) in [6.45, 7) is 8.06. The predicted octanol–water partition coefficient (Wildman–Crippen LogP) is 5.16. The second-order valence-electron chi connectivity index (χ2n) is 11.3. The summed E-state index contributed by atoms with van der Waals surface area (Å²) in [5.74, 6) is -0.712. The molecule has 3 rings (SSSR count). The Hall–Kier alpha value is -2.81. The topological polar surface area (TPSA) is 117 Å². The molecule has 3 amide bonds. The maximum Gasteiger partial charge on any atom is 0.408 e. The summed E-state index contributed by atoms with van der Waals surface area (Å²) in [5, 5.41) is 19.3. The van der Waals surface area contributed by atoms with Gasteiger partial charge in [-0.1, -0.05) is 75.2 Å². The average molecular weight is 593 g/mol. The predicted molar refractivity (Wildman–Crippen MR) is 156 cm³/mol. The van der Waals surface area contributed by atoms with E-state index in [1.807, 2.05) is 45.9 Å². The average Bonchev–Trinajstić information content (AvgIpc) is 3.30. The molecule has 2 aromatic rings. The van der Waals surface area contributed by atoms with E-state index in [0.717, 1.165) is 11.1 Å². The van der Waals surface area contributed by atoms with Crippen LogP contribution < -0.4 is 16.0 Å². The number of alkyl carbamates (subject to hydrolysis) is 1. The molecule has 4 atom stereocenters. The molecule has 1 fully saturated rings. The lowest BCUT2D eigenvalue weighted by atomic mass is 9.76. The Bertz CT molecular complexity index is 1170. The molecule has 3 unspecified atom stereocenters. The molecule has 2 aromatic carbocycles. The minimum absolute atomic E-state index is 0.0799. The van der Waals surface area contributed by atoms with E-state index in [2.05, 4.69) is 16.0 Å². The first kappa shape index (κ1) is 31.7. The number of aliphatic hydroxyl groups excluding tert-OH is 1. The van der Waals surface area contributed by atoms with Crippen molar-refractivity contribution in [1.29, 1.82) is 0 Å². The molecule has 0 spiro atoms. The van der Waals surface area contributed by atoms with Gasteiger partial charge in [0.15, 0.2) is 0 Å². The van der Waals surface area contributed by atoms with Crippen LogP contribution in [-0.2, 0) is 19.7 Å². The van der Waals surface area contributed by atoms with E-state index in [9.17, 15) is 19.5 Å². The standard InChI is InChI=1S/C30H39Cl2N3O5/c1-18(2)14-25(28(38)34-24(17-36)15-20-12-13-33-27(20)37)35-29(39)40-26(19-8-10-22(31)11-9-19)30(3,4)21-6-5-7-23(32)16-21/h5-11,16,18,20,24-26,36H,12-15,17H2,1-4H3,(H,33,37)(H,34,38)(H,35,39)/t20-,24?,25?,26?/m0/s1. The van der Waals surface area contributed by atoms with Gasteiger partial charge in [-0.15, -0.1) is 0 Å². The van der Waals surface area contributed by atoms with Crippen LogP contribution in [0, 0.1) is 11.8 Å². The largest absolute Gasteiger partial charge is 0.440 e. The number of nitrogens with one attached hydrogen (secondary N) is 3. The maximum absolute atomic E-state index is 13.3. The SMILES string of the molecule is CC(C)CC(NC(=O)OC(c1ccc(Cl)cc1)C(C)(C)c1cccc(Cl)c1)C(=O)NC(CO)C[C@@H]1CCNC1=O. The zero-order valence-electron chi connectivity index (χ0n) is 23.4. The van der Waals surface area contributed by atoms with Crippen molar-refractivity contribution in [3.63, 3.8) is 0 Å². The van der Waals surface area contributed by atoms with Crippen LogP contribution in [0.15, 0.2) is 48.5 Å². The smallest absolute Gasteiger partial charge is 0.408 e. The summed E-state index contributed by atoms with van der Waals surface area (Å²) in [4.78, 5) is 38.6. The first-order valence-corrected chi connectivity index (χ1v) is 14.3. The number of carbonyl (C=O) groups excluding carboxylic acids is 3. The van der Waals surface area contributed by atoms with Gasteiger partial charge in [0.25, 0.3) is 0 Å². The van der Waals surface area contributed by atoms with Crippen molar-refractivity contribution in [1.82, 2.24) is 16.0 Å². The molecule has 40 heavy (non-hydrogen) atoms. The zero-order chi connectivity index (χ0) is 29.4. The molecule has 0 radical (unpaired) electrons. The lowest BCUT2D eigenvalue weighted by molar-refractivity contribution is -0.126. The number of aliphatic hydroxyl groups is 1. The van der Waals surface area contributed by atoms with Crippen LogP contribution in [0.3, 0.4) is 0 Å². The Morgan fingerprint density at radius 2 is 1.80 bits per heavy atom. The minimum Gasteiger partial charge on any atom is -0.440 e. The highest BCUT2D eigenvalue weighted by Crippen LogP contribution is 2.40. The summed E-state index contributed by atoms with van der Waals surface area (Å²) < 4.78 is 6.03. The normalized spacial score (nSPS) is 17.6. The van der Waals surface area contributed by atoms with E-state index in [0.29, 0.717) is 35.9 Å². The van der Waals surface area contributed by atoms with Gasteiger partial charge in [0.2, 0.25) is 11.8 Å². The number of rotatable bonds is 12. The van der Waals surface area contributed by atoms with Crippen LogP contribution >= 0.6 is 23.2 Å². The van der Waals surface area contributed by atoms with Gasteiger partial charge in [0.05, 0.1) is 12.6 Å². The van der Waals surface area contributed by atoms with Crippen molar-refractivity contribution in [2.24, 2.45) is 11.8 Å². The van der Waals surface area contributed by atoms with Crippen molar-refractivity contribution in [2.45, 2.75) is 70.6 Å². The molecule has 0 aromatic heterocycles. The van der Waals surface area contributed by atoms with Gasteiger partial charge in [-0.2, -0.15) is 0 Å². The summed E-state index contributed by atoms with van der Waals surface area (Å²) in [5.41, 5.74) is 0.894. The lowest BCUT2D eigenvalue weighted by Crippen LogP contribution is -2.52. The monoisotopic (exact) mass is 591 g/mol. The Balaban J connectivity index is 1.79. The van der Waals surface area contributed by atoms with Crippen molar-refractivity contribution in [3.05, 3.63) is 69.7 Å². The number of benzene rings is 2. The molecular formula is C30H39Cl2N3O5. The van der Waals surface area contributed by atoms with Crippen molar-refractivity contribution < 1.29 is 24.2 Å². The first-order valence-electron chi connectivity index (χ1n) is 13.6. The van der Waals surface area contributed by atoms with E-state index in [1.165, 1.54) is 0 Å². The molecule has 1 heterocycles. The van der Waals surface area contributed by atoms with Crippen molar-refractivity contribution in [3.8, 4) is 0 Å².